The van der Waals surface area contributed by atoms with Crippen LogP contribution < -0.4 is 9.80 Å². The topological polar surface area (TPSA) is 56.7 Å². The standard InChI is InChI=1S/C14H14BrN3O2S/c15-10-1-2-12(11(9-10)13(19)20)17-4-6-18(7-5-17)14-16-3-8-21-14/h1-3,8-9H,4-7H2,(H,19,20). The van der Waals surface area contributed by atoms with Crippen molar-refractivity contribution < 1.29 is 9.90 Å². The molecule has 2 aromatic rings. The first-order chi connectivity index (χ1) is 10.1. The van der Waals surface area contributed by atoms with Gasteiger partial charge in [-0.2, -0.15) is 0 Å². The van der Waals surface area contributed by atoms with Gasteiger partial charge in [-0.3, -0.25) is 0 Å². The minimum absolute atomic E-state index is 0.340. The Morgan fingerprint density at radius 2 is 1.95 bits per heavy atom. The van der Waals surface area contributed by atoms with Gasteiger partial charge in [0, 0.05) is 42.2 Å². The number of halogens is 1. The number of thiazole rings is 1. The molecule has 5 nitrogen and oxygen atoms in total. The zero-order valence-corrected chi connectivity index (χ0v) is 13.6. The van der Waals surface area contributed by atoms with Crippen LogP contribution >= 0.6 is 27.3 Å². The van der Waals surface area contributed by atoms with Crippen LogP contribution in [0, 0.1) is 0 Å². The van der Waals surface area contributed by atoms with Crippen LogP contribution in [0.5, 0.6) is 0 Å². The van der Waals surface area contributed by atoms with Crippen LogP contribution in [0.2, 0.25) is 0 Å². The molecule has 0 amide bonds. The molecule has 0 radical (unpaired) electrons. The van der Waals surface area contributed by atoms with Gasteiger partial charge < -0.3 is 14.9 Å². The van der Waals surface area contributed by atoms with Gasteiger partial charge in [-0.1, -0.05) is 15.9 Å². The lowest BCUT2D eigenvalue weighted by Crippen LogP contribution is -2.47. The maximum atomic E-state index is 11.4. The first-order valence-corrected chi connectivity index (χ1v) is 8.24. The highest BCUT2D eigenvalue weighted by atomic mass is 79.9. The van der Waals surface area contributed by atoms with Crippen molar-refractivity contribution in [1.82, 2.24) is 4.98 Å². The summed E-state index contributed by atoms with van der Waals surface area (Å²) in [4.78, 5) is 20.1. The molecule has 0 unspecified atom stereocenters. The van der Waals surface area contributed by atoms with Gasteiger partial charge in [0.15, 0.2) is 5.13 Å². The number of carboxylic acid groups (broad SMARTS) is 1. The second kappa shape index (κ2) is 6.03. The zero-order chi connectivity index (χ0) is 14.8. The molecule has 21 heavy (non-hydrogen) atoms. The van der Waals surface area contributed by atoms with Crippen LogP contribution in [0.25, 0.3) is 0 Å². The summed E-state index contributed by atoms with van der Waals surface area (Å²) in [5, 5.41) is 12.4. The molecule has 1 aromatic carbocycles. The number of benzene rings is 1. The average molecular weight is 368 g/mol. The van der Waals surface area contributed by atoms with Gasteiger partial charge in [0.05, 0.1) is 11.3 Å². The molecule has 3 rings (SSSR count). The number of aromatic carboxylic acids is 1. The summed E-state index contributed by atoms with van der Waals surface area (Å²) in [6.45, 7) is 3.29. The van der Waals surface area contributed by atoms with E-state index in [1.165, 1.54) is 0 Å². The molecule has 110 valence electrons. The fourth-order valence-electron chi connectivity index (χ4n) is 2.47. The van der Waals surface area contributed by atoms with Crippen molar-refractivity contribution in [3.05, 3.63) is 39.8 Å². The van der Waals surface area contributed by atoms with Gasteiger partial charge in [0.25, 0.3) is 0 Å². The first kappa shape index (κ1) is 14.3. The second-order valence-corrected chi connectivity index (χ2v) is 6.54. The van der Waals surface area contributed by atoms with E-state index in [4.69, 9.17) is 0 Å². The van der Waals surface area contributed by atoms with Crippen molar-refractivity contribution in [3.8, 4) is 0 Å². The normalized spacial score (nSPS) is 15.3. The van der Waals surface area contributed by atoms with E-state index < -0.39 is 5.97 Å². The Morgan fingerprint density at radius 3 is 2.57 bits per heavy atom. The summed E-state index contributed by atoms with van der Waals surface area (Å²) >= 11 is 4.96. The minimum Gasteiger partial charge on any atom is -0.478 e. The molecule has 1 fully saturated rings. The van der Waals surface area contributed by atoms with E-state index in [1.54, 1.807) is 17.4 Å². The lowest BCUT2D eigenvalue weighted by atomic mass is 10.1. The van der Waals surface area contributed by atoms with Crippen molar-refractivity contribution in [2.24, 2.45) is 0 Å². The summed E-state index contributed by atoms with van der Waals surface area (Å²) < 4.78 is 0.782. The van der Waals surface area contributed by atoms with E-state index in [2.05, 4.69) is 30.7 Å². The van der Waals surface area contributed by atoms with E-state index in [9.17, 15) is 9.90 Å². The van der Waals surface area contributed by atoms with Crippen LogP contribution in [0.1, 0.15) is 10.4 Å². The number of piperazine rings is 1. The lowest BCUT2D eigenvalue weighted by Gasteiger charge is -2.36. The number of rotatable bonds is 3. The van der Waals surface area contributed by atoms with Crippen LogP contribution in [-0.4, -0.2) is 42.2 Å². The molecule has 7 heteroatoms. The van der Waals surface area contributed by atoms with Gasteiger partial charge in [0.2, 0.25) is 0 Å². The van der Waals surface area contributed by atoms with Crippen LogP contribution in [-0.2, 0) is 0 Å². The van der Waals surface area contributed by atoms with Gasteiger partial charge in [-0.15, -0.1) is 11.3 Å². The van der Waals surface area contributed by atoms with Crippen molar-refractivity contribution >= 4 is 44.1 Å². The smallest absolute Gasteiger partial charge is 0.337 e. The first-order valence-electron chi connectivity index (χ1n) is 6.57. The fourth-order valence-corrected chi connectivity index (χ4v) is 3.52. The summed E-state index contributed by atoms with van der Waals surface area (Å²) in [5.74, 6) is -0.895. The fraction of sp³-hybridized carbons (Fsp3) is 0.286. The molecule has 2 heterocycles. The zero-order valence-electron chi connectivity index (χ0n) is 11.2. The van der Waals surface area contributed by atoms with E-state index >= 15 is 0 Å². The number of hydrogen-bond acceptors (Lipinski definition) is 5. The highest BCUT2D eigenvalue weighted by Gasteiger charge is 2.22. The number of aromatic nitrogens is 1. The predicted octanol–water partition coefficient (Wildman–Crippen LogP) is 2.93. The molecule has 0 spiro atoms. The Labute approximate surface area is 135 Å². The monoisotopic (exact) mass is 367 g/mol. The maximum Gasteiger partial charge on any atom is 0.337 e. The molecule has 0 saturated carbocycles. The Bertz CT molecular complexity index is 640. The molecule has 1 aromatic heterocycles. The molecule has 0 aliphatic carbocycles. The molecule has 0 atom stereocenters. The molecule has 1 aliphatic rings. The number of anilines is 2. The lowest BCUT2D eigenvalue weighted by molar-refractivity contribution is 0.0697. The van der Waals surface area contributed by atoms with Gasteiger partial charge in [-0.05, 0) is 18.2 Å². The Hall–Kier alpha value is -1.60. The number of nitrogens with zero attached hydrogens (tertiary/aromatic N) is 3. The summed E-state index contributed by atoms with van der Waals surface area (Å²) in [5.41, 5.74) is 1.12. The third-order valence-electron chi connectivity index (χ3n) is 3.50. The molecule has 1 N–H and O–H groups in total. The molecule has 1 saturated heterocycles. The molecule has 1 aliphatic heterocycles. The van der Waals surface area contributed by atoms with Crippen LogP contribution in [0.3, 0.4) is 0 Å². The van der Waals surface area contributed by atoms with E-state index in [1.807, 2.05) is 23.7 Å². The highest BCUT2D eigenvalue weighted by Crippen LogP contribution is 2.27. The number of carboxylic acids is 1. The van der Waals surface area contributed by atoms with E-state index in [-0.39, 0.29) is 0 Å². The average Bonchev–Trinajstić information content (AvgIpc) is 3.01. The third-order valence-corrected chi connectivity index (χ3v) is 4.82. The second-order valence-electron chi connectivity index (χ2n) is 4.76. The van der Waals surface area contributed by atoms with Crippen molar-refractivity contribution in [2.45, 2.75) is 0 Å². The van der Waals surface area contributed by atoms with Crippen molar-refractivity contribution in [2.75, 3.05) is 36.0 Å². The van der Waals surface area contributed by atoms with E-state index in [0.717, 1.165) is 41.5 Å². The third kappa shape index (κ3) is 3.03. The van der Waals surface area contributed by atoms with Crippen molar-refractivity contribution in [3.63, 3.8) is 0 Å². The van der Waals surface area contributed by atoms with Gasteiger partial charge >= 0.3 is 5.97 Å². The summed E-state index contributed by atoms with van der Waals surface area (Å²) in [6, 6.07) is 5.41. The SMILES string of the molecule is O=C(O)c1cc(Br)ccc1N1CCN(c2nccs2)CC1. The minimum atomic E-state index is -0.895. The summed E-state index contributed by atoms with van der Waals surface area (Å²) in [6.07, 6.45) is 1.81. The maximum absolute atomic E-state index is 11.4. The Balaban J connectivity index is 1.76. The molecular weight excluding hydrogens is 354 g/mol. The van der Waals surface area contributed by atoms with Crippen molar-refractivity contribution in [1.29, 1.82) is 0 Å². The molecular formula is C14H14BrN3O2S. The van der Waals surface area contributed by atoms with Crippen LogP contribution in [0.4, 0.5) is 10.8 Å². The molecule has 0 bridgehead atoms. The number of hydrogen-bond donors (Lipinski definition) is 1. The van der Waals surface area contributed by atoms with Crippen LogP contribution in [0.15, 0.2) is 34.2 Å². The number of carbonyl (C=O) groups is 1. The highest BCUT2D eigenvalue weighted by molar-refractivity contribution is 9.10. The predicted molar refractivity (Wildman–Crippen MR) is 87.6 cm³/mol. The van der Waals surface area contributed by atoms with Gasteiger partial charge in [-0.25, -0.2) is 9.78 Å². The van der Waals surface area contributed by atoms with Gasteiger partial charge in [0.1, 0.15) is 0 Å². The Kier molecular flexibility index (Phi) is 4.12. The quantitative estimate of drug-likeness (QED) is 0.903. The summed E-state index contributed by atoms with van der Waals surface area (Å²) in [7, 11) is 0. The largest absolute Gasteiger partial charge is 0.478 e. The Morgan fingerprint density at radius 1 is 1.24 bits per heavy atom. The van der Waals surface area contributed by atoms with E-state index in [0.29, 0.717) is 5.56 Å².